The molecule has 1 amide bonds. The van der Waals surface area contributed by atoms with Crippen LogP contribution in [0.1, 0.15) is 24.3 Å². The summed E-state index contributed by atoms with van der Waals surface area (Å²) in [5.74, 6) is -0.155. The third kappa shape index (κ3) is 4.40. The number of carbonyl (C=O) groups is 1. The highest BCUT2D eigenvalue weighted by Crippen LogP contribution is 2.00. The van der Waals surface area contributed by atoms with E-state index in [1.807, 2.05) is 0 Å². The lowest BCUT2D eigenvalue weighted by Crippen LogP contribution is -2.35. The zero-order valence-electron chi connectivity index (χ0n) is 10.4. The average molecular weight is 236 g/mol. The van der Waals surface area contributed by atoms with Gasteiger partial charge in [0, 0.05) is 13.1 Å². The minimum Gasteiger partial charge on any atom is -0.397 e. The molecule has 1 aromatic heterocycles. The van der Waals surface area contributed by atoms with Gasteiger partial charge in [0.05, 0.1) is 11.9 Å². The number of aromatic nitrogens is 1. The number of hydrogen-bond acceptors (Lipinski definition) is 4. The Bertz CT molecular complexity index is 346. The second-order valence-corrected chi connectivity index (χ2v) is 3.76. The van der Waals surface area contributed by atoms with Crippen LogP contribution in [-0.4, -0.2) is 42.0 Å². The first-order chi connectivity index (χ1) is 8.17. The van der Waals surface area contributed by atoms with Crippen LogP contribution in [0.4, 0.5) is 5.69 Å². The molecule has 1 rings (SSSR count). The quantitative estimate of drug-likeness (QED) is 0.764. The first kappa shape index (κ1) is 13.4. The van der Waals surface area contributed by atoms with Gasteiger partial charge in [-0.2, -0.15) is 0 Å². The molecule has 0 atom stereocenters. The molecule has 1 aromatic rings. The maximum Gasteiger partial charge on any atom is 0.269 e. The summed E-state index contributed by atoms with van der Waals surface area (Å²) in [6.07, 6.45) is 1.49. The van der Waals surface area contributed by atoms with Crippen LogP contribution in [0, 0.1) is 0 Å². The summed E-state index contributed by atoms with van der Waals surface area (Å²) in [6.45, 7) is 7.68. The Morgan fingerprint density at radius 2 is 2.12 bits per heavy atom. The highest BCUT2D eigenvalue weighted by atomic mass is 16.1. The number of nitrogen functional groups attached to an aromatic ring is 1. The second-order valence-electron chi connectivity index (χ2n) is 3.76. The standard InChI is InChI=1S/C12H20N4O/c1-3-16(4-2)8-7-14-12(17)11-6-5-10(13)9-15-11/h5-6,9H,3-4,7-8,13H2,1-2H3,(H,14,17). The molecule has 0 radical (unpaired) electrons. The molecule has 0 spiro atoms. The Labute approximate surface area is 102 Å². The SMILES string of the molecule is CCN(CC)CCNC(=O)c1ccc(N)cn1. The molecule has 5 nitrogen and oxygen atoms in total. The summed E-state index contributed by atoms with van der Waals surface area (Å²) < 4.78 is 0. The van der Waals surface area contributed by atoms with E-state index in [0.717, 1.165) is 19.6 Å². The number of rotatable bonds is 6. The highest BCUT2D eigenvalue weighted by molar-refractivity contribution is 5.92. The first-order valence-corrected chi connectivity index (χ1v) is 5.89. The van der Waals surface area contributed by atoms with Crippen molar-refractivity contribution in [1.29, 1.82) is 0 Å². The van der Waals surface area contributed by atoms with Gasteiger partial charge in [0.25, 0.3) is 5.91 Å². The maximum absolute atomic E-state index is 11.7. The number of nitrogens with zero attached hydrogens (tertiary/aromatic N) is 2. The Hall–Kier alpha value is -1.62. The minimum absolute atomic E-state index is 0.155. The molecular weight excluding hydrogens is 216 g/mol. The summed E-state index contributed by atoms with van der Waals surface area (Å²) in [6, 6.07) is 3.30. The van der Waals surface area contributed by atoms with Gasteiger partial charge in [-0.1, -0.05) is 13.8 Å². The molecule has 94 valence electrons. The van der Waals surface area contributed by atoms with Gasteiger partial charge < -0.3 is 16.0 Å². The van der Waals surface area contributed by atoms with Gasteiger partial charge in [-0.15, -0.1) is 0 Å². The molecule has 0 aliphatic carbocycles. The molecule has 0 aliphatic heterocycles. The van der Waals surface area contributed by atoms with E-state index in [9.17, 15) is 4.79 Å². The number of carbonyl (C=O) groups excluding carboxylic acids is 1. The minimum atomic E-state index is -0.155. The lowest BCUT2D eigenvalue weighted by molar-refractivity contribution is 0.0944. The third-order valence-electron chi connectivity index (χ3n) is 2.63. The van der Waals surface area contributed by atoms with Gasteiger partial charge in [0.1, 0.15) is 5.69 Å². The number of amides is 1. The van der Waals surface area contributed by atoms with Crippen LogP contribution in [0.15, 0.2) is 18.3 Å². The molecule has 0 bridgehead atoms. The van der Waals surface area contributed by atoms with Crippen LogP contribution in [-0.2, 0) is 0 Å². The van der Waals surface area contributed by atoms with Crippen LogP contribution in [0.2, 0.25) is 0 Å². The summed E-state index contributed by atoms with van der Waals surface area (Å²) in [7, 11) is 0. The van der Waals surface area contributed by atoms with Crippen molar-refractivity contribution in [2.45, 2.75) is 13.8 Å². The molecule has 0 unspecified atom stereocenters. The summed E-state index contributed by atoms with van der Waals surface area (Å²) in [5, 5.41) is 2.83. The fraction of sp³-hybridized carbons (Fsp3) is 0.500. The topological polar surface area (TPSA) is 71.2 Å². The molecule has 1 heterocycles. The summed E-state index contributed by atoms with van der Waals surface area (Å²) in [4.78, 5) is 17.9. The van der Waals surface area contributed by atoms with Crippen LogP contribution < -0.4 is 11.1 Å². The molecule has 0 fully saturated rings. The number of anilines is 1. The van der Waals surface area contributed by atoms with Gasteiger partial charge in [-0.25, -0.2) is 4.98 Å². The zero-order valence-corrected chi connectivity index (χ0v) is 10.4. The van der Waals surface area contributed by atoms with Crippen molar-refractivity contribution in [2.75, 3.05) is 31.9 Å². The molecule has 0 aliphatic rings. The van der Waals surface area contributed by atoms with E-state index in [4.69, 9.17) is 5.73 Å². The molecule has 0 saturated heterocycles. The Morgan fingerprint density at radius 3 is 2.65 bits per heavy atom. The first-order valence-electron chi connectivity index (χ1n) is 5.89. The van der Waals surface area contributed by atoms with Gasteiger partial charge in [-0.3, -0.25) is 4.79 Å². The zero-order chi connectivity index (χ0) is 12.7. The number of hydrogen-bond donors (Lipinski definition) is 2. The van der Waals surface area contributed by atoms with Gasteiger partial charge >= 0.3 is 0 Å². The molecule has 3 N–H and O–H groups in total. The predicted molar refractivity (Wildman–Crippen MR) is 68.8 cm³/mol. The lowest BCUT2D eigenvalue weighted by Gasteiger charge is -2.17. The fourth-order valence-electron chi connectivity index (χ4n) is 1.50. The average Bonchev–Trinajstić information content (AvgIpc) is 2.35. The van der Waals surface area contributed by atoms with Crippen molar-refractivity contribution in [1.82, 2.24) is 15.2 Å². The number of nitrogens with two attached hydrogens (primary N) is 1. The highest BCUT2D eigenvalue weighted by Gasteiger charge is 2.06. The van der Waals surface area contributed by atoms with Crippen molar-refractivity contribution in [3.63, 3.8) is 0 Å². The Kier molecular flexibility index (Phi) is 5.42. The Balaban J connectivity index is 2.37. The van der Waals surface area contributed by atoms with E-state index in [0.29, 0.717) is 17.9 Å². The molecular formula is C12H20N4O. The monoisotopic (exact) mass is 236 g/mol. The van der Waals surface area contributed by atoms with E-state index >= 15 is 0 Å². The van der Waals surface area contributed by atoms with Crippen molar-refractivity contribution in [3.05, 3.63) is 24.0 Å². The van der Waals surface area contributed by atoms with Crippen molar-refractivity contribution >= 4 is 11.6 Å². The van der Waals surface area contributed by atoms with E-state index < -0.39 is 0 Å². The largest absolute Gasteiger partial charge is 0.397 e. The number of pyridine rings is 1. The van der Waals surface area contributed by atoms with E-state index in [1.54, 1.807) is 12.1 Å². The van der Waals surface area contributed by atoms with Crippen LogP contribution in [0.5, 0.6) is 0 Å². The summed E-state index contributed by atoms with van der Waals surface area (Å²) in [5.41, 5.74) is 6.46. The van der Waals surface area contributed by atoms with Crippen LogP contribution in [0.25, 0.3) is 0 Å². The molecule has 0 saturated carbocycles. The lowest BCUT2D eigenvalue weighted by atomic mass is 10.3. The van der Waals surface area contributed by atoms with E-state index in [1.165, 1.54) is 6.20 Å². The number of likely N-dealkylation sites (N-methyl/N-ethyl adjacent to an activating group) is 1. The third-order valence-corrected chi connectivity index (χ3v) is 2.63. The Morgan fingerprint density at radius 1 is 1.41 bits per heavy atom. The van der Waals surface area contributed by atoms with Gasteiger partial charge in [0.15, 0.2) is 0 Å². The maximum atomic E-state index is 11.7. The van der Waals surface area contributed by atoms with E-state index in [2.05, 4.69) is 29.0 Å². The molecule has 5 heteroatoms. The summed E-state index contributed by atoms with van der Waals surface area (Å²) >= 11 is 0. The normalized spacial score (nSPS) is 10.5. The molecule has 0 aromatic carbocycles. The fourth-order valence-corrected chi connectivity index (χ4v) is 1.50. The number of nitrogens with one attached hydrogen (secondary N) is 1. The van der Waals surface area contributed by atoms with Crippen molar-refractivity contribution < 1.29 is 4.79 Å². The van der Waals surface area contributed by atoms with Crippen LogP contribution in [0.3, 0.4) is 0 Å². The van der Waals surface area contributed by atoms with Crippen molar-refractivity contribution in [2.24, 2.45) is 0 Å². The van der Waals surface area contributed by atoms with E-state index in [-0.39, 0.29) is 5.91 Å². The van der Waals surface area contributed by atoms with Crippen LogP contribution >= 0.6 is 0 Å². The van der Waals surface area contributed by atoms with Crippen molar-refractivity contribution in [3.8, 4) is 0 Å². The van der Waals surface area contributed by atoms with Gasteiger partial charge in [-0.05, 0) is 25.2 Å². The molecule has 17 heavy (non-hydrogen) atoms. The van der Waals surface area contributed by atoms with Gasteiger partial charge in [0.2, 0.25) is 0 Å². The smallest absolute Gasteiger partial charge is 0.269 e. The second kappa shape index (κ2) is 6.85. The predicted octanol–water partition coefficient (Wildman–Crippen LogP) is 0.735.